The molecule has 0 atom stereocenters. The summed E-state index contributed by atoms with van der Waals surface area (Å²) in [7, 11) is 1.95. The molecule has 0 spiro atoms. The van der Waals surface area contributed by atoms with E-state index in [1.807, 2.05) is 24.1 Å². The first kappa shape index (κ1) is 12.0. The van der Waals surface area contributed by atoms with Crippen molar-refractivity contribution in [3.8, 4) is 0 Å². The Labute approximate surface area is 113 Å². The molecule has 1 aliphatic rings. The highest BCUT2D eigenvalue weighted by Gasteiger charge is 2.23. The van der Waals surface area contributed by atoms with Crippen molar-refractivity contribution in [2.45, 2.75) is 18.9 Å². The molecule has 0 saturated heterocycles. The predicted octanol–water partition coefficient (Wildman–Crippen LogP) is 2.55. The van der Waals surface area contributed by atoms with Gasteiger partial charge < -0.3 is 10.2 Å². The van der Waals surface area contributed by atoms with Gasteiger partial charge in [0.25, 0.3) is 0 Å². The van der Waals surface area contributed by atoms with Gasteiger partial charge in [0.15, 0.2) is 0 Å². The number of hydrogen-bond donors (Lipinski definition) is 1. The van der Waals surface area contributed by atoms with E-state index in [2.05, 4.69) is 35.6 Å². The lowest BCUT2D eigenvalue weighted by Crippen LogP contribution is -2.36. The van der Waals surface area contributed by atoms with Gasteiger partial charge in [0, 0.05) is 18.8 Å². The maximum absolute atomic E-state index is 11.8. The smallest absolute Gasteiger partial charge is 0.239 e. The number of amides is 1. The summed E-state index contributed by atoms with van der Waals surface area (Å²) in [5.41, 5.74) is 1.07. The minimum Gasteiger partial charge on any atom is -0.365 e. The average molecular weight is 254 g/mol. The van der Waals surface area contributed by atoms with E-state index in [0.29, 0.717) is 12.6 Å². The molecule has 0 aliphatic heterocycles. The van der Waals surface area contributed by atoms with Crippen LogP contribution in [0.5, 0.6) is 0 Å². The van der Waals surface area contributed by atoms with Gasteiger partial charge in [0.2, 0.25) is 5.91 Å². The lowest BCUT2D eigenvalue weighted by Gasteiger charge is -2.19. The maximum atomic E-state index is 11.8. The number of likely N-dealkylation sites (N-methyl/N-ethyl adjacent to an activating group) is 1. The molecule has 19 heavy (non-hydrogen) atoms. The largest absolute Gasteiger partial charge is 0.365 e. The molecule has 0 bridgehead atoms. The fourth-order valence-corrected chi connectivity index (χ4v) is 2.22. The third-order valence-electron chi connectivity index (χ3n) is 3.50. The summed E-state index contributed by atoms with van der Waals surface area (Å²) in [6.45, 7) is 0.412. The van der Waals surface area contributed by atoms with E-state index in [0.717, 1.165) is 18.5 Å². The first-order chi connectivity index (χ1) is 9.22. The molecule has 1 aliphatic carbocycles. The topological polar surface area (TPSA) is 32.3 Å². The van der Waals surface area contributed by atoms with E-state index in [4.69, 9.17) is 0 Å². The molecule has 2 aromatic carbocycles. The van der Waals surface area contributed by atoms with Gasteiger partial charge in [-0.2, -0.15) is 0 Å². The molecule has 1 amide bonds. The molecular weight excluding hydrogens is 236 g/mol. The van der Waals surface area contributed by atoms with Crippen LogP contribution in [0.3, 0.4) is 0 Å². The number of carbonyl (C=O) groups excluding carboxylic acids is 1. The number of nitrogens with one attached hydrogen (secondary N) is 1. The van der Waals surface area contributed by atoms with Gasteiger partial charge in [0.1, 0.15) is 0 Å². The zero-order valence-corrected chi connectivity index (χ0v) is 11.1. The van der Waals surface area contributed by atoms with Crippen molar-refractivity contribution in [3.63, 3.8) is 0 Å². The summed E-state index contributed by atoms with van der Waals surface area (Å²) in [5, 5.41) is 5.44. The van der Waals surface area contributed by atoms with Crippen molar-refractivity contribution in [2.24, 2.45) is 0 Å². The fraction of sp³-hybridized carbons (Fsp3) is 0.312. The second kappa shape index (κ2) is 4.92. The average Bonchev–Trinajstić information content (AvgIpc) is 3.21. The number of benzene rings is 2. The van der Waals surface area contributed by atoms with Gasteiger partial charge in [-0.05, 0) is 35.7 Å². The number of hydrogen-bond acceptors (Lipinski definition) is 2. The van der Waals surface area contributed by atoms with Crippen molar-refractivity contribution in [2.75, 3.05) is 18.5 Å². The van der Waals surface area contributed by atoms with E-state index in [-0.39, 0.29) is 5.91 Å². The Balaban J connectivity index is 1.72. The molecule has 3 nitrogen and oxygen atoms in total. The summed E-state index contributed by atoms with van der Waals surface area (Å²) in [6.07, 6.45) is 2.26. The van der Waals surface area contributed by atoms with Crippen molar-refractivity contribution in [3.05, 3.63) is 42.5 Å². The van der Waals surface area contributed by atoms with E-state index in [1.54, 1.807) is 0 Å². The van der Waals surface area contributed by atoms with Gasteiger partial charge in [0.05, 0.1) is 6.54 Å². The molecule has 2 aromatic rings. The van der Waals surface area contributed by atoms with Crippen LogP contribution in [0.25, 0.3) is 10.8 Å². The van der Waals surface area contributed by atoms with Crippen LogP contribution in [0.1, 0.15) is 12.8 Å². The van der Waals surface area contributed by atoms with Gasteiger partial charge >= 0.3 is 0 Å². The second-order valence-corrected chi connectivity index (χ2v) is 5.23. The Hall–Kier alpha value is -2.03. The standard InChI is InChI=1S/C16H18N2O/c1-18(11-16(19)17-14-7-8-14)15-9-6-12-4-2-3-5-13(12)10-15/h2-6,9-10,14H,7-8,11H2,1H3,(H,17,19). The minimum absolute atomic E-state index is 0.109. The molecule has 0 radical (unpaired) electrons. The van der Waals surface area contributed by atoms with Crippen LogP contribution in [0.15, 0.2) is 42.5 Å². The molecule has 3 heteroatoms. The number of carbonyl (C=O) groups is 1. The first-order valence-electron chi connectivity index (χ1n) is 6.72. The lowest BCUT2D eigenvalue weighted by atomic mass is 10.1. The Kier molecular flexibility index (Phi) is 3.11. The zero-order chi connectivity index (χ0) is 13.2. The Morgan fingerprint density at radius 3 is 2.68 bits per heavy atom. The van der Waals surface area contributed by atoms with E-state index in [9.17, 15) is 4.79 Å². The van der Waals surface area contributed by atoms with Crippen LogP contribution in [0.4, 0.5) is 5.69 Å². The third kappa shape index (κ3) is 2.87. The number of nitrogens with zero attached hydrogens (tertiary/aromatic N) is 1. The minimum atomic E-state index is 0.109. The molecule has 1 saturated carbocycles. The van der Waals surface area contributed by atoms with Crippen molar-refractivity contribution >= 4 is 22.4 Å². The monoisotopic (exact) mass is 254 g/mol. The molecular formula is C16H18N2O. The van der Waals surface area contributed by atoms with E-state index in [1.165, 1.54) is 10.8 Å². The second-order valence-electron chi connectivity index (χ2n) is 5.23. The number of fused-ring (bicyclic) bond motifs is 1. The van der Waals surface area contributed by atoms with E-state index < -0.39 is 0 Å². The summed E-state index contributed by atoms with van der Waals surface area (Å²) in [4.78, 5) is 13.8. The van der Waals surface area contributed by atoms with Gasteiger partial charge in [-0.25, -0.2) is 0 Å². The van der Waals surface area contributed by atoms with Gasteiger partial charge in [-0.1, -0.05) is 30.3 Å². The van der Waals surface area contributed by atoms with Crippen molar-refractivity contribution in [1.29, 1.82) is 0 Å². The van der Waals surface area contributed by atoms with Crippen LogP contribution in [0, 0.1) is 0 Å². The highest BCUT2D eigenvalue weighted by molar-refractivity contribution is 5.87. The van der Waals surface area contributed by atoms with Crippen molar-refractivity contribution < 1.29 is 4.79 Å². The zero-order valence-electron chi connectivity index (χ0n) is 11.1. The quantitative estimate of drug-likeness (QED) is 0.909. The van der Waals surface area contributed by atoms with Crippen LogP contribution >= 0.6 is 0 Å². The summed E-state index contributed by atoms with van der Waals surface area (Å²) in [6, 6.07) is 15.0. The summed E-state index contributed by atoms with van der Waals surface area (Å²) < 4.78 is 0. The maximum Gasteiger partial charge on any atom is 0.239 e. The number of rotatable bonds is 4. The fourth-order valence-electron chi connectivity index (χ4n) is 2.22. The highest BCUT2D eigenvalue weighted by Crippen LogP contribution is 2.21. The Bertz CT molecular complexity index is 604. The molecule has 0 unspecified atom stereocenters. The van der Waals surface area contributed by atoms with Crippen molar-refractivity contribution in [1.82, 2.24) is 5.32 Å². The SMILES string of the molecule is CN(CC(=O)NC1CC1)c1ccc2ccccc2c1. The van der Waals surface area contributed by atoms with Crippen LogP contribution < -0.4 is 10.2 Å². The molecule has 0 aromatic heterocycles. The highest BCUT2D eigenvalue weighted by atomic mass is 16.2. The van der Waals surface area contributed by atoms with Crippen LogP contribution in [-0.2, 0) is 4.79 Å². The lowest BCUT2D eigenvalue weighted by molar-refractivity contribution is -0.119. The Morgan fingerprint density at radius 1 is 1.21 bits per heavy atom. The van der Waals surface area contributed by atoms with E-state index >= 15 is 0 Å². The summed E-state index contributed by atoms with van der Waals surface area (Å²) >= 11 is 0. The Morgan fingerprint density at radius 2 is 1.95 bits per heavy atom. The van der Waals surface area contributed by atoms with Gasteiger partial charge in [-0.15, -0.1) is 0 Å². The summed E-state index contributed by atoms with van der Waals surface area (Å²) in [5.74, 6) is 0.109. The molecule has 1 N–H and O–H groups in total. The molecule has 1 fully saturated rings. The first-order valence-corrected chi connectivity index (χ1v) is 6.72. The van der Waals surface area contributed by atoms with Crippen LogP contribution in [0.2, 0.25) is 0 Å². The number of anilines is 1. The molecule has 98 valence electrons. The van der Waals surface area contributed by atoms with Gasteiger partial charge in [-0.3, -0.25) is 4.79 Å². The molecule has 0 heterocycles. The molecule has 3 rings (SSSR count). The predicted molar refractivity (Wildman–Crippen MR) is 78.4 cm³/mol. The normalized spacial score (nSPS) is 14.4. The van der Waals surface area contributed by atoms with Crippen LogP contribution in [-0.4, -0.2) is 25.5 Å². The third-order valence-corrected chi connectivity index (χ3v) is 3.50.